The summed E-state index contributed by atoms with van der Waals surface area (Å²) in [6.45, 7) is 3.82. The summed E-state index contributed by atoms with van der Waals surface area (Å²) in [4.78, 5) is 13.8. The minimum atomic E-state index is -0.705. The van der Waals surface area contributed by atoms with E-state index in [2.05, 4.69) is 12.2 Å². The van der Waals surface area contributed by atoms with Gasteiger partial charge in [0.15, 0.2) is 0 Å². The van der Waals surface area contributed by atoms with Gasteiger partial charge in [-0.1, -0.05) is 6.92 Å². The van der Waals surface area contributed by atoms with E-state index in [-0.39, 0.29) is 23.6 Å². The van der Waals surface area contributed by atoms with Crippen LogP contribution in [0.4, 0.5) is 15.8 Å². The number of hydrogen-bond acceptors (Lipinski definition) is 5. The van der Waals surface area contributed by atoms with Crippen LogP contribution < -0.4 is 16.0 Å². The molecule has 7 heteroatoms. The van der Waals surface area contributed by atoms with Gasteiger partial charge in [0, 0.05) is 23.2 Å². The molecule has 0 bridgehead atoms. The van der Waals surface area contributed by atoms with Crippen molar-refractivity contribution >= 4 is 17.3 Å². The van der Waals surface area contributed by atoms with Crippen LogP contribution in [0, 0.1) is 29.0 Å². The van der Waals surface area contributed by atoms with E-state index in [1.807, 2.05) is 17.0 Å². The Morgan fingerprint density at radius 3 is 2.63 bits per heavy atom. The lowest BCUT2D eigenvalue weighted by atomic mass is 9.79. The van der Waals surface area contributed by atoms with Crippen LogP contribution in [-0.2, 0) is 0 Å². The van der Waals surface area contributed by atoms with Gasteiger partial charge in [0.2, 0.25) is 5.91 Å². The summed E-state index contributed by atoms with van der Waals surface area (Å²) in [6.07, 6.45) is 1.47. The number of rotatable bonds is 5. The van der Waals surface area contributed by atoms with Crippen LogP contribution in [-0.4, -0.2) is 23.3 Å². The molecule has 1 aliphatic heterocycles. The second kappa shape index (κ2) is 7.62. The molecule has 1 aliphatic carbocycles. The number of fused-ring (bicyclic) bond motifs is 1. The number of aliphatic hydroxyl groups is 1. The first-order valence-electron chi connectivity index (χ1n) is 10.2. The van der Waals surface area contributed by atoms with Crippen molar-refractivity contribution in [3.8, 4) is 6.07 Å². The molecule has 1 unspecified atom stereocenters. The number of anilines is 2. The van der Waals surface area contributed by atoms with Crippen molar-refractivity contribution in [2.75, 3.05) is 10.2 Å². The SMILES string of the molecule is CC(O)N1c2ccc(C(N)=O)cc2[C@H](Nc2ccc(C#N)cc2F)[C@@H](C)[C@@H]1C1CC1. The molecule has 30 heavy (non-hydrogen) atoms. The van der Waals surface area contributed by atoms with Crippen molar-refractivity contribution in [3.63, 3.8) is 0 Å². The number of carbonyl (C=O) groups is 1. The Hall–Kier alpha value is -3.11. The first-order valence-corrected chi connectivity index (χ1v) is 10.2. The Morgan fingerprint density at radius 1 is 1.33 bits per heavy atom. The van der Waals surface area contributed by atoms with Crippen molar-refractivity contribution in [1.82, 2.24) is 0 Å². The number of nitrogens with zero attached hydrogens (tertiary/aromatic N) is 2. The third kappa shape index (κ3) is 3.48. The molecule has 1 amide bonds. The summed E-state index contributed by atoms with van der Waals surface area (Å²) in [6, 6.07) is 11.3. The van der Waals surface area contributed by atoms with Crippen LogP contribution in [0.2, 0.25) is 0 Å². The number of aliphatic hydroxyl groups excluding tert-OH is 1. The number of amides is 1. The van der Waals surface area contributed by atoms with Gasteiger partial charge in [0.1, 0.15) is 12.0 Å². The molecule has 1 heterocycles. The van der Waals surface area contributed by atoms with E-state index in [0.29, 0.717) is 17.2 Å². The summed E-state index contributed by atoms with van der Waals surface area (Å²) >= 11 is 0. The smallest absolute Gasteiger partial charge is 0.248 e. The molecule has 4 atom stereocenters. The minimum absolute atomic E-state index is 0.0257. The monoisotopic (exact) mass is 408 g/mol. The van der Waals surface area contributed by atoms with Crippen LogP contribution in [0.25, 0.3) is 0 Å². The number of carbonyl (C=O) groups excluding carboxylic acids is 1. The van der Waals surface area contributed by atoms with Gasteiger partial charge in [-0.15, -0.1) is 0 Å². The molecule has 0 saturated heterocycles. The average Bonchev–Trinajstić information content (AvgIpc) is 3.54. The normalized spacial score (nSPS) is 24.0. The largest absolute Gasteiger partial charge is 0.375 e. The predicted molar refractivity (Wildman–Crippen MR) is 112 cm³/mol. The molecule has 2 aliphatic rings. The summed E-state index contributed by atoms with van der Waals surface area (Å²) in [5.41, 5.74) is 8.02. The lowest BCUT2D eigenvalue weighted by Crippen LogP contribution is -2.52. The summed E-state index contributed by atoms with van der Waals surface area (Å²) in [5, 5.41) is 22.9. The summed E-state index contributed by atoms with van der Waals surface area (Å²) in [7, 11) is 0. The Kier molecular flexibility index (Phi) is 5.12. The van der Waals surface area contributed by atoms with Gasteiger partial charge in [0.05, 0.1) is 23.4 Å². The highest BCUT2D eigenvalue weighted by Crippen LogP contribution is 2.50. The molecule has 0 spiro atoms. The molecule has 6 nitrogen and oxygen atoms in total. The van der Waals surface area contributed by atoms with E-state index in [1.165, 1.54) is 6.07 Å². The van der Waals surface area contributed by atoms with Gasteiger partial charge in [-0.25, -0.2) is 4.39 Å². The maximum Gasteiger partial charge on any atom is 0.248 e. The van der Waals surface area contributed by atoms with Gasteiger partial charge >= 0.3 is 0 Å². The van der Waals surface area contributed by atoms with Crippen LogP contribution in [0.15, 0.2) is 36.4 Å². The summed E-state index contributed by atoms with van der Waals surface area (Å²) in [5.74, 6) is -0.567. The molecule has 0 aromatic heterocycles. The van der Waals surface area contributed by atoms with E-state index in [1.54, 1.807) is 31.2 Å². The van der Waals surface area contributed by atoms with Crippen LogP contribution in [0.1, 0.15) is 54.2 Å². The van der Waals surface area contributed by atoms with Crippen LogP contribution >= 0.6 is 0 Å². The van der Waals surface area contributed by atoms with E-state index in [9.17, 15) is 14.3 Å². The zero-order chi connectivity index (χ0) is 21.6. The van der Waals surface area contributed by atoms with Crippen LogP contribution in [0.5, 0.6) is 0 Å². The molecule has 2 aromatic carbocycles. The number of halogens is 1. The Bertz CT molecular complexity index is 1030. The average molecular weight is 408 g/mol. The topological polar surface area (TPSA) is 102 Å². The fourth-order valence-corrected chi connectivity index (χ4v) is 4.71. The van der Waals surface area contributed by atoms with E-state index < -0.39 is 18.0 Å². The molecule has 2 aromatic rings. The van der Waals surface area contributed by atoms with E-state index >= 15 is 0 Å². The first-order chi connectivity index (χ1) is 14.3. The molecule has 1 saturated carbocycles. The van der Waals surface area contributed by atoms with Crippen LogP contribution in [0.3, 0.4) is 0 Å². The molecule has 1 fully saturated rings. The van der Waals surface area contributed by atoms with Crippen molar-refractivity contribution in [2.24, 2.45) is 17.6 Å². The van der Waals surface area contributed by atoms with Crippen molar-refractivity contribution < 1.29 is 14.3 Å². The van der Waals surface area contributed by atoms with E-state index in [0.717, 1.165) is 24.1 Å². The second-order valence-electron chi connectivity index (χ2n) is 8.29. The maximum atomic E-state index is 14.6. The first kappa shape index (κ1) is 20.2. The zero-order valence-electron chi connectivity index (χ0n) is 17.0. The van der Waals surface area contributed by atoms with Gasteiger partial charge in [-0.2, -0.15) is 5.26 Å². The van der Waals surface area contributed by atoms with Gasteiger partial charge in [-0.3, -0.25) is 4.79 Å². The number of benzene rings is 2. The Morgan fingerprint density at radius 2 is 2.07 bits per heavy atom. The number of hydrogen-bond donors (Lipinski definition) is 3. The highest BCUT2D eigenvalue weighted by molar-refractivity contribution is 5.93. The third-order valence-corrected chi connectivity index (χ3v) is 6.23. The van der Waals surface area contributed by atoms with Gasteiger partial charge < -0.3 is 21.1 Å². The number of nitriles is 1. The lowest BCUT2D eigenvalue weighted by molar-refractivity contribution is 0.1000. The zero-order valence-corrected chi connectivity index (χ0v) is 17.0. The van der Waals surface area contributed by atoms with Gasteiger partial charge in [0.25, 0.3) is 0 Å². The molecule has 4 rings (SSSR count). The minimum Gasteiger partial charge on any atom is -0.375 e. The molecule has 4 N–H and O–H groups in total. The highest BCUT2D eigenvalue weighted by Gasteiger charge is 2.47. The Labute approximate surface area is 175 Å². The van der Waals surface area contributed by atoms with Gasteiger partial charge in [-0.05, 0) is 67.6 Å². The van der Waals surface area contributed by atoms with Crippen molar-refractivity contribution in [1.29, 1.82) is 5.26 Å². The quantitative estimate of drug-likeness (QED) is 0.702. The molecule has 0 radical (unpaired) electrons. The molecule has 156 valence electrons. The number of primary amides is 1. The maximum absolute atomic E-state index is 14.6. The fourth-order valence-electron chi connectivity index (χ4n) is 4.71. The molecular weight excluding hydrogens is 383 g/mol. The van der Waals surface area contributed by atoms with E-state index in [4.69, 9.17) is 11.0 Å². The fraction of sp³-hybridized carbons (Fsp3) is 0.391. The number of nitrogens with two attached hydrogens (primary N) is 1. The third-order valence-electron chi connectivity index (χ3n) is 6.23. The van der Waals surface area contributed by atoms with Crippen molar-refractivity contribution in [3.05, 3.63) is 58.9 Å². The number of nitrogens with one attached hydrogen (secondary N) is 1. The second-order valence-corrected chi connectivity index (χ2v) is 8.29. The predicted octanol–water partition coefficient (Wildman–Crippen LogP) is 3.52. The van der Waals surface area contributed by atoms with Crippen molar-refractivity contribution in [2.45, 2.75) is 45.0 Å². The molecular formula is C23H25FN4O2. The highest BCUT2D eigenvalue weighted by atomic mass is 19.1. The standard InChI is InChI=1S/C23H25FN4O2/c1-12-21(27-19-7-3-14(11-25)9-18(19)24)17-10-16(23(26)30)6-8-20(17)28(13(2)29)22(12)15-4-5-15/h3,6-10,12-13,15,21-22,27,29H,4-5H2,1-2H3,(H2,26,30)/t12-,13?,21-,22-/m1/s1. The lowest BCUT2D eigenvalue weighted by Gasteiger charge is -2.48. The summed E-state index contributed by atoms with van der Waals surface area (Å²) < 4.78 is 14.6. The Balaban J connectivity index is 1.82.